The van der Waals surface area contributed by atoms with Crippen molar-refractivity contribution in [1.29, 1.82) is 0 Å². The summed E-state index contributed by atoms with van der Waals surface area (Å²) in [5.41, 5.74) is 2.34. The van der Waals surface area contributed by atoms with Crippen LogP contribution < -0.4 is 10.9 Å². The van der Waals surface area contributed by atoms with Crippen LogP contribution in [-0.4, -0.2) is 15.3 Å². The number of rotatable bonds is 4. The first-order chi connectivity index (χ1) is 13.1. The van der Waals surface area contributed by atoms with E-state index in [1.54, 1.807) is 0 Å². The highest BCUT2D eigenvalue weighted by Crippen LogP contribution is 2.22. The Hall–Kier alpha value is -3.25. The average Bonchev–Trinajstić information content (AvgIpc) is 3.09. The van der Waals surface area contributed by atoms with E-state index in [9.17, 15) is 9.59 Å². The molecule has 0 bridgehead atoms. The number of carbonyl (C=O) groups excluding carboxylic acids is 1. The molecule has 1 N–H and O–H groups in total. The van der Waals surface area contributed by atoms with Gasteiger partial charge in [0.15, 0.2) is 4.96 Å². The van der Waals surface area contributed by atoms with Crippen molar-refractivity contribution >= 4 is 22.2 Å². The lowest BCUT2D eigenvalue weighted by molar-refractivity contribution is 0.0941. The van der Waals surface area contributed by atoms with E-state index in [2.05, 4.69) is 10.3 Å². The van der Waals surface area contributed by atoms with Gasteiger partial charge >= 0.3 is 0 Å². The molecule has 4 rings (SSSR count). The number of amides is 1. The summed E-state index contributed by atoms with van der Waals surface area (Å²) in [6, 6.07) is 19.0. The molecule has 5 nitrogen and oxygen atoms in total. The number of nitrogens with zero attached hydrogens (tertiary/aromatic N) is 2. The second-order valence-electron chi connectivity index (χ2n) is 6.20. The van der Waals surface area contributed by atoms with E-state index in [1.807, 2.05) is 73.0 Å². The van der Waals surface area contributed by atoms with Gasteiger partial charge in [-0.05, 0) is 18.1 Å². The van der Waals surface area contributed by atoms with Crippen LogP contribution in [0.15, 0.2) is 77.0 Å². The fourth-order valence-electron chi connectivity index (χ4n) is 3.04. The summed E-state index contributed by atoms with van der Waals surface area (Å²) in [5, 5.41) is 4.84. The molecule has 0 spiro atoms. The normalized spacial score (nSPS) is 11.0. The Balaban J connectivity index is 1.74. The Labute approximate surface area is 160 Å². The van der Waals surface area contributed by atoms with E-state index < -0.39 is 5.91 Å². The highest BCUT2D eigenvalue weighted by Gasteiger charge is 2.21. The number of hydrogen-bond donors (Lipinski definition) is 1. The Kier molecular flexibility index (Phi) is 4.56. The lowest BCUT2D eigenvalue weighted by Gasteiger charge is -2.19. The van der Waals surface area contributed by atoms with Crippen molar-refractivity contribution < 1.29 is 4.79 Å². The SMILES string of the molecule is Cc1csc2ncc(C(=O)NC(c3ccccc3)c3ccccc3)c(=O)n12. The first kappa shape index (κ1) is 17.2. The van der Waals surface area contributed by atoms with E-state index >= 15 is 0 Å². The van der Waals surface area contributed by atoms with Crippen LogP contribution in [-0.2, 0) is 0 Å². The van der Waals surface area contributed by atoms with Crippen LogP contribution in [0.4, 0.5) is 0 Å². The van der Waals surface area contributed by atoms with Crippen LogP contribution in [0.3, 0.4) is 0 Å². The maximum atomic E-state index is 12.9. The van der Waals surface area contributed by atoms with Crippen LogP contribution >= 0.6 is 11.3 Å². The Morgan fingerprint density at radius 1 is 1.04 bits per heavy atom. The number of carbonyl (C=O) groups is 1. The van der Waals surface area contributed by atoms with Gasteiger partial charge in [-0.3, -0.25) is 14.0 Å². The first-order valence-electron chi connectivity index (χ1n) is 8.52. The fourth-order valence-corrected chi connectivity index (χ4v) is 3.87. The van der Waals surface area contributed by atoms with E-state index in [4.69, 9.17) is 0 Å². The highest BCUT2D eigenvalue weighted by atomic mass is 32.1. The van der Waals surface area contributed by atoms with Crippen LogP contribution in [0, 0.1) is 6.92 Å². The maximum Gasteiger partial charge on any atom is 0.271 e. The molecule has 134 valence electrons. The average molecular weight is 375 g/mol. The van der Waals surface area contributed by atoms with Gasteiger partial charge < -0.3 is 5.32 Å². The molecule has 0 radical (unpaired) electrons. The Bertz CT molecular complexity index is 1110. The van der Waals surface area contributed by atoms with Crippen molar-refractivity contribution in [2.75, 3.05) is 0 Å². The molecule has 0 aliphatic heterocycles. The predicted octanol–water partition coefficient (Wildman–Crippen LogP) is 3.58. The van der Waals surface area contributed by atoms with E-state index in [1.165, 1.54) is 21.9 Å². The van der Waals surface area contributed by atoms with Crippen molar-refractivity contribution in [3.05, 3.63) is 105 Å². The van der Waals surface area contributed by atoms with Gasteiger partial charge in [0.25, 0.3) is 11.5 Å². The molecular formula is C21H17N3O2S. The Morgan fingerprint density at radius 2 is 1.63 bits per heavy atom. The van der Waals surface area contributed by atoms with Gasteiger partial charge in [-0.25, -0.2) is 4.98 Å². The second kappa shape index (κ2) is 7.17. The zero-order valence-corrected chi connectivity index (χ0v) is 15.4. The zero-order valence-electron chi connectivity index (χ0n) is 14.6. The molecule has 1 amide bonds. The third-order valence-electron chi connectivity index (χ3n) is 4.40. The van der Waals surface area contributed by atoms with Crippen molar-refractivity contribution in [1.82, 2.24) is 14.7 Å². The number of thiazole rings is 1. The van der Waals surface area contributed by atoms with Crippen molar-refractivity contribution in [3.63, 3.8) is 0 Å². The maximum absolute atomic E-state index is 12.9. The summed E-state index contributed by atoms with van der Waals surface area (Å²) < 4.78 is 1.47. The molecule has 0 atom stereocenters. The van der Waals surface area contributed by atoms with E-state index in [0.717, 1.165) is 16.8 Å². The van der Waals surface area contributed by atoms with Crippen LogP contribution in [0.25, 0.3) is 4.96 Å². The molecule has 0 unspecified atom stereocenters. The minimum absolute atomic E-state index is 0.0332. The fraction of sp³-hybridized carbons (Fsp3) is 0.0952. The summed E-state index contributed by atoms with van der Waals surface area (Å²) in [7, 11) is 0. The van der Waals surface area contributed by atoms with Crippen LogP contribution in [0.1, 0.15) is 33.2 Å². The first-order valence-corrected chi connectivity index (χ1v) is 9.40. The molecule has 2 heterocycles. The van der Waals surface area contributed by atoms with Crippen molar-refractivity contribution in [3.8, 4) is 0 Å². The quantitative estimate of drug-likeness (QED) is 0.593. The van der Waals surface area contributed by atoms with Gasteiger partial charge in [-0.2, -0.15) is 0 Å². The number of benzene rings is 2. The Morgan fingerprint density at radius 3 is 2.22 bits per heavy atom. The molecule has 6 heteroatoms. The molecule has 0 saturated carbocycles. The van der Waals surface area contributed by atoms with Gasteiger partial charge in [0.2, 0.25) is 0 Å². The summed E-state index contributed by atoms with van der Waals surface area (Å²) in [5.74, 6) is -0.440. The summed E-state index contributed by atoms with van der Waals surface area (Å²) in [4.78, 5) is 30.6. The third kappa shape index (κ3) is 3.27. The molecule has 2 aromatic carbocycles. The zero-order chi connectivity index (χ0) is 18.8. The molecule has 27 heavy (non-hydrogen) atoms. The monoisotopic (exact) mass is 375 g/mol. The van der Waals surface area contributed by atoms with Gasteiger partial charge in [-0.15, -0.1) is 11.3 Å². The largest absolute Gasteiger partial charge is 0.341 e. The molecule has 0 aliphatic rings. The molecule has 0 aliphatic carbocycles. The molecule has 0 fully saturated rings. The number of aryl methyl sites for hydroxylation is 1. The highest BCUT2D eigenvalue weighted by molar-refractivity contribution is 7.15. The lowest BCUT2D eigenvalue weighted by Crippen LogP contribution is -2.34. The number of hydrogen-bond acceptors (Lipinski definition) is 4. The standard InChI is InChI=1S/C21H17N3O2S/c1-14-13-27-21-22-12-17(20(26)24(14)21)19(25)23-18(15-8-4-2-5-9-15)16-10-6-3-7-11-16/h2-13,18H,1H3,(H,23,25). The number of aromatic nitrogens is 2. The van der Waals surface area contributed by atoms with Crippen molar-refractivity contribution in [2.24, 2.45) is 0 Å². The summed E-state index contributed by atoms with van der Waals surface area (Å²) >= 11 is 1.38. The third-order valence-corrected chi connectivity index (χ3v) is 5.36. The molecular weight excluding hydrogens is 358 g/mol. The van der Waals surface area contributed by atoms with Crippen LogP contribution in [0.2, 0.25) is 0 Å². The molecule has 0 saturated heterocycles. The van der Waals surface area contributed by atoms with E-state index in [-0.39, 0.29) is 17.2 Å². The minimum Gasteiger partial charge on any atom is -0.341 e. The van der Waals surface area contributed by atoms with Gasteiger partial charge in [0.05, 0.1) is 6.04 Å². The topological polar surface area (TPSA) is 63.5 Å². The van der Waals surface area contributed by atoms with Crippen LogP contribution in [0.5, 0.6) is 0 Å². The summed E-state index contributed by atoms with van der Waals surface area (Å²) in [6.07, 6.45) is 1.36. The van der Waals surface area contributed by atoms with Crippen molar-refractivity contribution in [2.45, 2.75) is 13.0 Å². The minimum atomic E-state index is -0.440. The lowest BCUT2D eigenvalue weighted by atomic mass is 9.98. The van der Waals surface area contributed by atoms with Gasteiger partial charge in [-0.1, -0.05) is 60.7 Å². The number of fused-ring (bicyclic) bond motifs is 1. The second-order valence-corrected chi connectivity index (χ2v) is 7.04. The molecule has 2 aromatic heterocycles. The predicted molar refractivity (Wildman–Crippen MR) is 106 cm³/mol. The summed E-state index contributed by atoms with van der Waals surface area (Å²) in [6.45, 7) is 1.82. The van der Waals surface area contributed by atoms with Gasteiger partial charge in [0, 0.05) is 17.3 Å². The van der Waals surface area contributed by atoms with E-state index in [0.29, 0.717) is 4.96 Å². The smallest absolute Gasteiger partial charge is 0.271 e. The molecule has 4 aromatic rings. The number of nitrogens with one attached hydrogen (secondary N) is 1. The van der Waals surface area contributed by atoms with Gasteiger partial charge in [0.1, 0.15) is 5.56 Å².